The molecule has 4 aromatic rings. The van der Waals surface area contributed by atoms with Gasteiger partial charge in [0.2, 0.25) is 0 Å². The second-order valence-electron chi connectivity index (χ2n) is 6.83. The molecule has 1 saturated carbocycles. The molecule has 27 heavy (non-hydrogen) atoms. The molecule has 0 saturated heterocycles. The fourth-order valence-electron chi connectivity index (χ4n) is 3.29. The summed E-state index contributed by atoms with van der Waals surface area (Å²) in [5.41, 5.74) is 2.41. The Bertz CT molecular complexity index is 1090. The van der Waals surface area contributed by atoms with Crippen molar-refractivity contribution in [1.82, 2.24) is 19.9 Å². The minimum absolute atomic E-state index is 0.275. The van der Waals surface area contributed by atoms with Gasteiger partial charge in [-0.2, -0.15) is 0 Å². The SMILES string of the molecule is Fc1cccc(C(Nc2nc(C3CC3)nc3[nH]ccc23)c2ccccn2)c1. The van der Waals surface area contributed by atoms with Crippen LogP contribution < -0.4 is 5.32 Å². The molecule has 5 rings (SSSR count). The van der Waals surface area contributed by atoms with Gasteiger partial charge in [-0.05, 0) is 48.7 Å². The molecule has 0 amide bonds. The first kappa shape index (κ1) is 15.9. The van der Waals surface area contributed by atoms with Crippen LogP contribution in [0.4, 0.5) is 10.2 Å². The fourth-order valence-corrected chi connectivity index (χ4v) is 3.29. The maximum atomic E-state index is 13.9. The molecular weight excluding hydrogens is 341 g/mol. The smallest absolute Gasteiger partial charge is 0.143 e. The van der Waals surface area contributed by atoms with Crippen molar-refractivity contribution in [3.05, 3.63) is 83.8 Å². The molecule has 0 bridgehead atoms. The Hall–Kier alpha value is -3.28. The number of anilines is 1. The summed E-state index contributed by atoms with van der Waals surface area (Å²) in [7, 11) is 0. The summed E-state index contributed by atoms with van der Waals surface area (Å²) in [4.78, 5) is 17.1. The highest BCUT2D eigenvalue weighted by Gasteiger charge is 2.28. The molecule has 1 fully saturated rings. The number of H-pyrrole nitrogens is 1. The molecule has 2 N–H and O–H groups in total. The number of halogens is 1. The van der Waals surface area contributed by atoms with Crippen molar-refractivity contribution in [3.63, 3.8) is 0 Å². The summed E-state index contributed by atoms with van der Waals surface area (Å²) in [6, 6.07) is 13.9. The predicted molar refractivity (Wildman–Crippen MR) is 102 cm³/mol. The van der Waals surface area contributed by atoms with Crippen molar-refractivity contribution >= 4 is 16.9 Å². The van der Waals surface area contributed by atoms with Crippen molar-refractivity contribution in [2.45, 2.75) is 24.8 Å². The number of nitrogens with one attached hydrogen (secondary N) is 2. The molecular formula is C21H18FN5. The molecule has 5 nitrogen and oxygen atoms in total. The monoisotopic (exact) mass is 359 g/mol. The van der Waals surface area contributed by atoms with E-state index in [0.717, 1.165) is 46.8 Å². The van der Waals surface area contributed by atoms with Crippen LogP contribution in [0.2, 0.25) is 0 Å². The zero-order valence-electron chi connectivity index (χ0n) is 14.6. The summed E-state index contributed by atoms with van der Waals surface area (Å²) in [6.45, 7) is 0. The van der Waals surface area contributed by atoms with E-state index in [1.165, 1.54) is 12.1 Å². The summed E-state index contributed by atoms with van der Waals surface area (Å²) in [6.07, 6.45) is 5.85. The number of pyridine rings is 1. The molecule has 3 aromatic heterocycles. The Morgan fingerprint density at radius 1 is 1.07 bits per heavy atom. The summed E-state index contributed by atoms with van der Waals surface area (Å²) >= 11 is 0. The van der Waals surface area contributed by atoms with Crippen molar-refractivity contribution in [3.8, 4) is 0 Å². The van der Waals surface area contributed by atoms with Crippen LogP contribution in [0.3, 0.4) is 0 Å². The Kier molecular flexibility index (Phi) is 3.81. The van der Waals surface area contributed by atoms with Gasteiger partial charge in [-0.15, -0.1) is 0 Å². The number of benzene rings is 1. The van der Waals surface area contributed by atoms with E-state index in [1.807, 2.05) is 36.5 Å². The van der Waals surface area contributed by atoms with Gasteiger partial charge in [0.25, 0.3) is 0 Å². The lowest BCUT2D eigenvalue weighted by Crippen LogP contribution is -2.16. The molecule has 0 radical (unpaired) electrons. The quantitative estimate of drug-likeness (QED) is 0.548. The molecule has 1 atom stereocenters. The number of fused-ring (bicyclic) bond motifs is 1. The topological polar surface area (TPSA) is 66.5 Å². The average molecular weight is 359 g/mol. The second-order valence-corrected chi connectivity index (χ2v) is 6.83. The van der Waals surface area contributed by atoms with Crippen LogP contribution in [-0.4, -0.2) is 19.9 Å². The number of aromatic amines is 1. The van der Waals surface area contributed by atoms with Gasteiger partial charge >= 0.3 is 0 Å². The minimum atomic E-state index is -0.318. The number of rotatable bonds is 5. The summed E-state index contributed by atoms with van der Waals surface area (Å²) < 4.78 is 13.9. The van der Waals surface area contributed by atoms with E-state index < -0.39 is 0 Å². The van der Waals surface area contributed by atoms with Crippen LogP contribution in [0.5, 0.6) is 0 Å². The lowest BCUT2D eigenvalue weighted by Gasteiger charge is -2.20. The molecule has 1 aromatic carbocycles. The van der Waals surface area contributed by atoms with Gasteiger partial charge in [-0.1, -0.05) is 18.2 Å². The third kappa shape index (κ3) is 3.14. The Morgan fingerprint density at radius 2 is 2.00 bits per heavy atom. The second kappa shape index (κ2) is 6.46. The van der Waals surface area contributed by atoms with Crippen molar-refractivity contribution in [1.29, 1.82) is 0 Å². The largest absolute Gasteiger partial charge is 0.357 e. The van der Waals surface area contributed by atoms with Gasteiger partial charge in [0.1, 0.15) is 23.1 Å². The molecule has 0 spiro atoms. The zero-order valence-corrected chi connectivity index (χ0v) is 14.6. The first-order chi connectivity index (χ1) is 13.3. The minimum Gasteiger partial charge on any atom is -0.357 e. The number of aromatic nitrogens is 4. The highest BCUT2D eigenvalue weighted by molar-refractivity contribution is 5.87. The first-order valence-electron chi connectivity index (χ1n) is 9.06. The maximum absolute atomic E-state index is 13.9. The lowest BCUT2D eigenvalue weighted by molar-refractivity contribution is 0.624. The van der Waals surface area contributed by atoms with Crippen LogP contribution in [0, 0.1) is 5.82 Å². The molecule has 1 aliphatic carbocycles. The van der Waals surface area contributed by atoms with Gasteiger partial charge < -0.3 is 10.3 Å². The third-order valence-electron chi connectivity index (χ3n) is 4.82. The normalized spacial score (nSPS) is 15.0. The van der Waals surface area contributed by atoms with E-state index in [0.29, 0.717) is 5.92 Å². The van der Waals surface area contributed by atoms with Crippen molar-refractivity contribution in [2.75, 3.05) is 5.32 Å². The van der Waals surface area contributed by atoms with Crippen LogP contribution in [0.25, 0.3) is 11.0 Å². The van der Waals surface area contributed by atoms with E-state index in [-0.39, 0.29) is 11.9 Å². The Balaban J connectivity index is 1.61. The van der Waals surface area contributed by atoms with Crippen molar-refractivity contribution < 1.29 is 4.39 Å². The van der Waals surface area contributed by atoms with E-state index in [1.54, 1.807) is 12.3 Å². The van der Waals surface area contributed by atoms with E-state index in [4.69, 9.17) is 4.98 Å². The van der Waals surface area contributed by atoms with Crippen LogP contribution in [-0.2, 0) is 0 Å². The summed E-state index contributed by atoms with van der Waals surface area (Å²) in [5.74, 6) is 1.75. The Morgan fingerprint density at radius 3 is 2.78 bits per heavy atom. The Labute approximate surface area is 155 Å². The molecule has 0 aliphatic heterocycles. The van der Waals surface area contributed by atoms with E-state index in [9.17, 15) is 4.39 Å². The first-order valence-corrected chi connectivity index (χ1v) is 9.06. The van der Waals surface area contributed by atoms with Crippen LogP contribution in [0.1, 0.15) is 41.9 Å². The van der Waals surface area contributed by atoms with E-state index in [2.05, 4.69) is 20.3 Å². The molecule has 134 valence electrons. The molecule has 6 heteroatoms. The third-order valence-corrected chi connectivity index (χ3v) is 4.82. The highest BCUT2D eigenvalue weighted by Crippen LogP contribution is 2.39. The molecule has 1 unspecified atom stereocenters. The maximum Gasteiger partial charge on any atom is 0.143 e. The van der Waals surface area contributed by atoms with E-state index >= 15 is 0 Å². The van der Waals surface area contributed by atoms with Gasteiger partial charge in [0, 0.05) is 18.3 Å². The number of hydrogen-bond donors (Lipinski definition) is 2. The van der Waals surface area contributed by atoms with Gasteiger partial charge in [0.05, 0.1) is 17.1 Å². The van der Waals surface area contributed by atoms with Gasteiger partial charge in [-0.3, -0.25) is 4.98 Å². The highest BCUT2D eigenvalue weighted by atomic mass is 19.1. The lowest BCUT2D eigenvalue weighted by atomic mass is 10.0. The van der Waals surface area contributed by atoms with Gasteiger partial charge in [0.15, 0.2) is 0 Å². The van der Waals surface area contributed by atoms with Gasteiger partial charge in [-0.25, -0.2) is 14.4 Å². The predicted octanol–water partition coefficient (Wildman–Crippen LogP) is 4.57. The van der Waals surface area contributed by atoms with Crippen LogP contribution in [0.15, 0.2) is 60.9 Å². The summed E-state index contributed by atoms with van der Waals surface area (Å²) in [5, 5.41) is 4.40. The molecule has 1 aliphatic rings. The standard InChI is InChI=1S/C21H18FN5/c22-15-5-3-4-14(12-15)18(17-6-1-2-10-23-17)25-21-16-9-11-24-20(16)26-19(27-21)13-7-8-13/h1-6,9-13,18H,7-8H2,(H2,24,25,26,27). The fraction of sp³-hybridized carbons (Fsp3) is 0.190. The zero-order chi connectivity index (χ0) is 18.2. The van der Waals surface area contributed by atoms with Crippen molar-refractivity contribution in [2.24, 2.45) is 0 Å². The van der Waals surface area contributed by atoms with Crippen LogP contribution >= 0.6 is 0 Å². The number of nitrogens with zero attached hydrogens (tertiary/aromatic N) is 3. The molecule has 3 heterocycles. The number of hydrogen-bond acceptors (Lipinski definition) is 4. The average Bonchev–Trinajstić information content (AvgIpc) is 3.44.